The topological polar surface area (TPSA) is 76.9 Å². The summed E-state index contributed by atoms with van der Waals surface area (Å²) in [5.41, 5.74) is 11.0. The summed E-state index contributed by atoms with van der Waals surface area (Å²) >= 11 is 6.19. The number of nitriles is 1. The van der Waals surface area contributed by atoms with Crippen molar-refractivity contribution >= 4 is 11.6 Å². The van der Waals surface area contributed by atoms with E-state index in [0.29, 0.717) is 16.5 Å². The van der Waals surface area contributed by atoms with Gasteiger partial charge < -0.3 is 10.5 Å². The van der Waals surface area contributed by atoms with Gasteiger partial charge in [-0.25, -0.2) is 4.68 Å². The highest BCUT2D eigenvalue weighted by Crippen LogP contribution is 2.44. The fraction of sp³-hybridized carbons (Fsp3) is 0.143. The van der Waals surface area contributed by atoms with Crippen molar-refractivity contribution in [3.8, 4) is 17.6 Å². The SMILES string of the molecule is Cc1ccc(-n2nc(C)c3c2OC(N)=C(C#N)[C@@H]3c2cccc(Cl)c2)cc1. The normalized spacial score (nSPS) is 15.9. The molecule has 0 unspecified atom stereocenters. The van der Waals surface area contributed by atoms with Gasteiger partial charge >= 0.3 is 0 Å². The molecule has 0 saturated heterocycles. The molecule has 1 aliphatic heterocycles. The Morgan fingerprint density at radius 3 is 2.59 bits per heavy atom. The summed E-state index contributed by atoms with van der Waals surface area (Å²) in [7, 11) is 0. The van der Waals surface area contributed by atoms with Gasteiger partial charge in [-0.05, 0) is 43.7 Å². The van der Waals surface area contributed by atoms with Crippen molar-refractivity contribution in [3.63, 3.8) is 0 Å². The van der Waals surface area contributed by atoms with Gasteiger partial charge in [0.15, 0.2) is 0 Å². The molecule has 27 heavy (non-hydrogen) atoms. The fourth-order valence-corrected chi connectivity index (χ4v) is 3.59. The fourth-order valence-electron chi connectivity index (χ4n) is 3.39. The average Bonchev–Trinajstić information content (AvgIpc) is 2.97. The van der Waals surface area contributed by atoms with E-state index in [1.54, 1.807) is 10.7 Å². The Morgan fingerprint density at radius 2 is 1.93 bits per heavy atom. The standard InChI is InChI=1S/C21H17ClN4O/c1-12-6-8-16(9-7-12)26-21-18(13(2)25-26)19(17(11-23)20(24)27-21)14-4-3-5-15(22)10-14/h3-10,19H,24H2,1-2H3/t19-/m0/s1. The zero-order valence-electron chi connectivity index (χ0n) is 14.9. The van der Waals surface area contributed by atoms with E-state index < -0.39 is 0 Å². The van der Waals surface area contributed by atoms with Crippen LogP contribution in [0.2, 0.25) is 5.02 Å². The van der Waals surface area contributed by atoms with E-state index in [2.05, 4.69) is 11.2 Å². The molecule has 1 atom stereocenters. The minimum absolute atomic E-state index is 0.0863. The Bertz CT molecular complexity index is 1110. The number of hydrogen-bond acceptors (Lipinski definition) is 4. The monoisotopic (exact) mass is 376 g/mol. The summed E-state index contributed by atoms with van der Waals surface area (Å²) in [4.78, 5) is 0. The molecule has 2 aromatic carbocycles. The van der Waals surface area contributed by atoms with Crippen LogP contribution in [0.3, 0.4) is 0 Å². The Labute approximate surface area is 162 Å². The molecule has 4 rings (SSSR count). The van der Waals surface area contributed by atoms with Crippen LogP contribution in [-0.4, -0.2) is 9.78 Å². The summed E-state index contributed by atoms with van der Waals surface area (Å²) in [5, 5.41) is 15.0. The van der Waals surface area contributed by atoms with Gasteiger partial charge in [-0.2, -0.15) is 10.4 Å². The van der Waals surface area contributed by atoms with Crippen LogP contribution in [-0.2, 0) is 0 Å². The lowest BCUT2D eigenvalue weighted by Crippen LogP contribution is -2.22. The first-order chi connectivity index (χ1) is 13.0. The Kier molecular flexibility index (Phi) is 4.14. The summed E-state index contributed by atoms with van der Waals surface area (Å²) in [6, 6.07) is 17.6. The predicted octanol–water partition coefficient (Wildman–Crippen LogP) is 4.36. The third kappa shape index (κ3) is 2.84. The molecule has 6 heteroatoms. The Hall–Kier alpha value is -3.23. The number of rotatable bonds is 2. The zero-order chi connectivity index (χ0) is 19.1. The maximum absolute atomic E-state index is 9.71. The second-order valence-electron chi connectivity index (χ2n) is 6.53. The van der Waals surface area contributed by atoms with Gasteiger partial charge in [0.05, 0.1) is 22.9 Å². The Morgan fingerprint density at radius 1 is 1.19 bits per heavy atom. The van der Waals surface area contributed by atoms with E-state index in [9.17, 15) is 5.26 Å². The molecule has 5 nitrogen and oxygen atoms in total. The summed E-state index contributed by atoms with van der Waals surface area (Å²) in [5.74, 6) is 0.234. The highest BCUT2D eigenvalue weighted by atomic mass is 35.5. The van der Waals surface area contributed by atoms with E-state index in [4.69, 9.17) is 22.1 Å². The van der Waals surface area contributed by atoms with E-state index >= 15 is 0 Å². The van der Waals surface area contributed by atoms with Gasteiger partial charge in [0.1, 0.15) is 11.6 Å². The third-order valence-corrected chi connectivity index (χ3v) is 4.93. The van der Waals surface area contributed by atoms with Crippen LogP contribution in [0, 0.1) is 25.2 Å². The number of aryl methyl sites for hydroxylation is 2. The third-order valence-electron chi connectivity index (χ3n) is 4.69. The average molecular weight is 377 g/mol. The van der Waals surface area contributed by atoms with Gasteiger partial charge in [-0.1, -0.05) is 41.4 Å². The smallest absolute Gasteiger partial charge is 0.229 e. The molecule has 2 N–H and O–H groups in total. The molecule has 0 aliphatic carbocycles. The molecule has 0 bridgehead atoms. The second-order valence-corrected chi connectivity index (χ2v) is 6.97. The zero-order valence-corrected chi connectivity index (χ0v) is 15.7. The number of ether oxygens (including phenoxy) is 1. The first-order valence-corrected chi connectivity index (χ1v) is 8.87. The van der Waals surface area contributed by atoms with Gasteiger partial charge in [-0.3, -0.25) is 0 Å². The van der Waals surface area contributed by atoms with Crippen LogP contribution in [0.1, 0.15) is 28.3 Å². The largest absolute Gasteiger partial charge is 0.422 e. The van der Waals surface area contributed by atoms with Crippen LogP contribution in [0.5, 0.6) is 5.88 Å². The van der Waals surface area contributed by atoms with Crippen LogP contribution < -0.4 is 10.5 Å². The molecule has 0 radical (unpaired) electrons. The van der Waals surface area contributed by atoms with Crippen molar-refractivity contribution in [2.45, 2.75) is 19.8 Å². The van der Waals surface area contributed by atoms with E-state index in [-0.39, 0.29) is 11.8 Å². The lowest BCUT2D eigenvalue weighted by atomic mass is 9.84. The molecular weight excluding hydrogens is 360 g/mol. The lowest BCUT2D eigenvalue weighted by molar-refractivity contribution is 0.367. The molecule has 1 aromatic heterocycles. The van der Waals surface area contributed by atoms with Crippen LogP contribution >= 0.6 is 11.6 Å². The summed E-state index contributed by atoms with van der Waals surface area (Å²) in [6.07, 6.45) is 0. The van der Waals surface area contributed by atoms with Crippen molar-refractivity contribution in [2.75, 3.05) is 0 Å². The number of fused-ring (bicyclic) bond motifs is 1. The summed E-state index contributed by atoms with van der Waals surface area (Å²) < 4.78 is 7.58. The highest BCUT2D eigenvalue weighted by Gasteiger charge is 2.36. The maximum Gasteiger partial charge on any atom is 0.229 e. The molecule has 1 aliphatic rings. The van der Waals surface area contributed by atoms with Crippen LogP contribution in [0.25, 0.3) is 5.69 Å². The quantitative estimate of drug-likeness (QED) is 0.720. The number of nitrogens with zero attached hydrogens (tertiary/aromatic N) is 3. The van der Waals surface area contributed by atoms with Gasteiger partial charge in [-0.15, -0.1) is 0 Å². The van der Waals surface area contributed by atoms with Crippen molar-refractivity contribution in [2.24, 2.45) is 5.73 Å². The molecule has 0 spiro atoms. The van der Waals surface area contributed by atoms with Gasteiger partial charge in [0.25, 0.3) is 0 Å². The van der Waals surface area contributed by atoms with Gasteiger partial charge in [0.2, 0.25) is 11.8 Å². The minimum atomic E-state index is -0.378. The first kappa shape index (κ1) is 17.2. The van der Waals surface area contributed by atoms with Crippen molar-refractivity contribution in [3.05, 3.63) is 87.4 Å². The minimum Gasteiger partial charge on any atom is -0.422 e. The molecule has 2 heterocycles. The number of benzene rings is 2. The maximum atomic E-state index is 9.71. The second kappa shape index (κ2) is 6.49. The summed E-state index contributed by atoms with van der Waals surface area (Å²) in [6.45, 7) is 3.93. The van der Waals surface area contributed by atoms with Crippen molar-refractivity contribution in [1.29, 1.82) is 5.26 Å². The lowest BCUT2D eigenvalue weighted by Gasteiger charge is -2.25. The number of nitrogens with two attached hydrogens (primary N) is 1. The number of hydrogen-bond donors (Lipinski definition) is 1. The molecule has 0 saturated carbocycles. The molecule has 0 amide bonds. The number of allylic oxidation sites excluding steroid dienone is 1. The van der Waals surface area contributed by atoms with Crippen molar-refractivity contribution in [1.82, 2.24) is 9.78 Å². The number of halogens is 1. The number of aromatic nitrogens is 2. The van der Waals surface area contributed by atoms with Crippen LogP contribution in [0.15, 0.2) is 60.0 Å². The van der Waals surface area contributed by atoms with Crippen molar-refractivity contribution < 1.29 is 4.74 Å². The molecule has 3 aromatic rings. The van der Waals surface area contributed by atoms with E-state index in [1.165, 1.54) is 0 Å². The van der Waals surface area contributed by atoms with Gasteiger partial charge in [0, 0.05) is 5.02 Å². The Balaban J connectivity index is 1.95. The van der Waals surface area contributed by atoms with E-state index in [0.717, 1.165) is 28.1 Å². The highest BCUT2D eigenvalue weighted by molar-refractivity contribution is 6.30. The predicted molar refractivity (Wildman–Crippen MR) is 104 cm³/mol. The molecular formula is C21H17ClN4O. The van der Waals surface area contributed by atoms with Crippen LogP contribution in [0.4, 0.5) is 0 Å². The molecule has 134 valence electrons. The molecule has 0 fully saturated rings. The van der Waals surface area contributed by atoms with E-state index in [1.807, 2.05) is 56.3 Å². The first-order valence-electron chi connectivity index (χ1n) is 8.49.